The largest absolute Gasteiger partial charge is 0.309 e. The normalized spacial score (nSPS) is 17.0. The summed E-state index contributed by atoms with van der Waals surface area (Å²) < 4.78 is 2.54. The zero-order valence-electron chi connectivity index (χ0n) is 27.5. The van der Waals surface area contributed by atoms with Crippen LogP contribution in [-0.4, -0.2) is 12.6 Å². The fraction of sp³-hybridized carbons (Fsp3) is 0.0638. The van der Waals surface area contributed by atoms with E-state index in [1.807, 2.05) is 0 Å². The van der Waals surface area contributed by atoms with Crippen molar-refractivity contribution < 1.29 is 0 Å². The van der Waals surface area contributed by atoms with Gasteiger partial charge < -0.3 is 4.57 Å². The van der Waals surface area contributed by atoms with Crippen molar-refractivity contribution in [3.05, 3.63) is 186 Å². The third-order valence-electron chi connectivity index (χ3n) is 11.8. The number of benzene rings is 8. The number of aromatic nitrogens is 1. The van der Waals surface area contributed by atoms with Crippen LogP contribution in [0.5, 0.6) is 0 Å². The molecule has 0 saturated heterocycles. The molecule has 8 aromatic carbocycles. The summed E-state index contributed by atoms with van der Waals surface area (Å²) in [5.74, 6) is 0. The monoisotopic (exact) mass is 639 g/mol. The molecule has 1 unspecified atom stereocenters. The van der Waals surface area contributed by atoms with Crippen LogP contribution in [0.2, 0.25) is 13.1 Å². The molecule has 0 saturated carbocycles. The predicted molar refractivity (Wildman–Crippen MR) is 210 cm³/mol. The lowest BCUT2D eigenvalue weighted by atomic mass is 9.62. The molecule has 11 rings (SSSR count). The Kier molecular flexibility index (Phi) is 5.27. The first-order valence-electron chi connectivity index (χ1n) is 17.4. The summed E-state index contributed by atoms with van der Waals surface area (Å²) >= 11 is 0. The Hall–Kier alpha value is -5.70. The van der Waals surface area contributed by atoms with Crippen molar-refractivity contribution in [3.63, 3.8) is 0 Å². The molecule has 2 aliphatic rings. The van der Waals surface area contributed by atoms with E-state index in [4.69, 9.17) is 0 Å². The van der Waals surface area contributed by atoms with Gasteiger partial charge in [0, 0.05) is 10.8 Å². The third-order valence-corrected chi connectivity index (χ3v) is 15.4. The van der Waals surface area contributed by atoms with E-state index in [1.54, 1.807) is 5.19 Å². The summed E-state index contributed by atoms with van der Waals surface area (Å²) in [6, 6.07) is 62.2. The lowest BCUT2D eigenvalue weighted by Crippen LogP contribution is -2.64. The first kappa shape index (κ1) is 27.3. The van der Waals surface area contributed by atoms with Gasteiger partial charge in [0.05, 0.1) is 22.1 Å². The fourth-order valence-corrected chi connectivity index (χ4v) is 13.4. The molecule has 230 valence electrons. The summed E-state index contributed by atoms with van der Waals surface area (Å²) in [6.07, 6.45) is 0. The maximum absolute atomic E-state index is 2.57. The Bertz CT molecular complexity index is 2870. The van der Waals surface area contributed by atoms with Crippen LogP contribution in [-0.2, 0) is 5.41 Å². The van der Waals surface area contributed by atoms with Gasteiger partial charge in [-0.2, -0.15) is 0 Å². The van der Waals surface area contributed by atoms with Crippen molar-refractivity contribution in [2.75, 3.05) is 0 Å². The molecule has 0 N–H and O–H groups in total. The van der Waals surface area contributed by atoms with Gasteiger partial charge in [0.15, 0.2) is 0 Å². The average Bonchev–Trinajstić information content (AvgIpc) is 3.50. The summed E-state index contributed by atoms with van der Waals surface area (Å²) in [5, 5.41) is 10.9. The minimum absolute atomic E-state index is 0.464. The van der Waals surface area contributed by atoms with Crippen LogP contribution >= 0.6 is 0 Å². The molecule has 2 heteroatoms. The smallest absolute Gasteiger partial charge is 0.113 e. The molecule has 9 aromatic rings. The lowest BCUT2D eigenvalue weighted by Gasteiger charge is -2.50. The molecule has 3 heterocycles. The standard InChI is InChI=1S/C47H33NSi/c1-49(2)44-24-10-7-19-39(44)47(38-18-6-9-23-43(38)48-42-22-8-5-15-35(42)36-17-12-20-40(47)45(36)48)41-21-11-16-34(46(41)49)32-28-27-31-26-25-30-13-3-4-14-33(30)37(31)29-32/h3-29H,1-2H3. The molecule has 0 fully saturated rings. The van der Waals surface area contributed by atoms with Gasteiger partial charge in [-0.3, -0.25) is 0 Å². The van der Waals surface area contributed by atoms with Crippen LogP contribution in [0, 0.1) is 0 Å². The van der Waals surface area contributed by atoms with Gasteiger partial charge in [0.1, 0.15) is 8.07 Å². The van der Waals surface area contributed by atoms with Crippen LogP contribution in [0.1, 0.15) is 22.3 Å². The predicted octanol–water partition coefficient (Wildman–Crippen LogP) is 10.6. The molecule has 1 spiro atoms. The SMILES string of the molecule is C[Si]1(C)c2ccccc2C2(c3ccccc3-n3c4ccccc4c4cccc2c43)c2cccc(-c3ccc4ccc5ccccc5c4c3)c21. The molecule has 0 bridgehead atoms. The van der Waals surface area contributed by atoms with Crippen molar-refractivity contribution in [1.29, 1.82) is 0 Å². The second kappa shape index (κ2) is 9.47. The highest BCUT2D eigenvalue weighted by Gasteiger charge is 2.53. The fourth-order valence-electron chi connectivity index (χ4n) is 9.87. The number of hydrogen-bond acceptors (Lipinski definition) is 0. The molecule has 1 atom stereocenters. The number of fused-ring (bicyclic) bond motifs is 14. The second-order valence-corrected chi connectivity index (χ2v) is 18.7. The van der Waals surface area contributed by atoms with Crippen molar-refractivity contribution in [3.8, 4) is 16.8 Å². The van der Waals surface area contributed by atoms with Gasteiger partial charge in [-0.15, -0.1) is 0 Å². The van der Waals surface area contributed by atoms with E-state index in [9.17, 15) is 0 Å². The summed E-state index contributed by atoms with van der Waals surface area (Å²) in [5.41, 5.74) is 11.7. The van der Waals surface area contributed by atoms with Crippen molar-refractivity contribution in [1.82, 2.24) is 4.57 Å². The maximum Gasteiger partial charge on any atom is 0.113 e. The van der Waals surface area contributed by atoms with Crippen molar-refractivity contribution in [2.24, 2.45) is 0 Å². The second-order valence-electron chi connectivity index (χ2n) is 14.4. The van der Waals surface area contributed by atoms with E-state index >= 15 is 0 Å². The topological polar surface area (TPSA) is 4.93 Å². The molecule has 49 heavy (non-hydrogen) atoms. The van der Waals surface area contributed by atoms with Gasteiger partial charge in [-0.1, -0.05) is 159 Å². The van der Waals surface area contributed by atoms with Gasteiger partial charge >= 0.3 is 0 Å². The van der Waals surface area contributed by atoms with Crippen LogP contribution in [0.15, 0.2) is 164 Å². The van der Waals surface area contributed by atoms with E-state index < -0.39 is 13.5 Å². The van der Waals surface area contributed by atoms with Gasteiger partial charge in [0.2, 0.25) is 0 Å². The van der Waals surface area contributed by atoms with Crippen LogP contribution in [0.3, 0.4) is 0 Å². The van der Waals surface area contributed by atoms with E-state index in [0.29, 0.717) is 0 Å². The van der Waals surface area contributed by atoms with Crippen molar-refractivity contribution in [2.45, 2.75) is 18.5 Å². The number of hydrogen-bond donors (Lipinski definition) is 0. The maximum atomic E-state index is 2.57. The third kappa shape index (κ3) is 3.30. The zero-order chi connectivity index (χ0) is 32.5. The molecular weight excluding hydrogens is 607 g/mol. The number of para-hydroxylation sites is 3. The Morgan fingerprint density at radius 2 is 1.10 bits per heavy atom. The molecule has 1 aromatic heterocycles. The van der Waals surface area contributed by atoms with E-state index in [-0.39, 0.29) is 0 Å². The molecule has 1 nitrogen and oxygen atoms in total. The summed E-state index contributed by atoms with van der Waals surface area (Å²) in [6.45, 7) is 5.15. The molecule has 0 radical (unpaired) electrons. The quantitative estimate of drug-likeness (QED) is 0.124. The average molecular weight is 640 g/mol. The molecule has 2 aliphatic heterocycles. The Labute approximate surface area is 286 Å². The number of rotatable bonds is 1. The van der Waals surface area contributed by atoms with E-state index in [2.05, 4.69) is 181 Å². The molecule has 0 amide bonds. The molecular formula is C47H33NSi. The minimum atomic E-state index is -2.22. The van der Waals surface area contributed by atoms with Crippen molar-refractivity contribution >= 4 is 61.8 Å². The minimum Gasteiger partial charge on any atom is -0.309 e. The van der Waals surface area contributed by atoms with Gasteiger partial charge in [-0.25, -0.2) is 0 Å². The first-order chi connectivity index (χ1) is 24.1. The lowest BCUT2D eigenvalue weighted by molar-refractivity contribution is 0.732. The van der Waals surface area contributed by atoms with Crippen LogP contribution < -0.4 is 10.4 Å². The molecule has 0 aliphatic carbocycles. The van der Waals surface area contributed by atoms with Crippen LogP contribution in [0.25, 0.3) is 60.2 Å². The zero-order valence-corrected chi connectivity index (χ0v) is 28.5. The highest BCUT2D eigenvalue weighted by molar-refractivity contribution is 7.02. The first-order valence-corrected chi connectivity index (χ1v) is 20.4. The van der Waals surface area contributed by atoms with Gasteiger partial charge in [-0.05, 0) is 83.5 Å². The Balaban J connectivity index is 1.32. The highest BCUT2D eigenvalue weighted by atomic mass is 28.3. The summed E-state index contributed by atoms with van der Waals surface area (Å²) in [7, 11) is -2.22. The van der Waals surface area contributed by atoms with E-state index in [0.717, 1.165) is 0 Å². The Morgan fingerprint density at radius 3 is 2.00 bits per heavy atom. The Morgan fingerprint density at radius 1 is 0.469 bits per heavy atom. The summed E-state index contributed by atoms with van der Waals surface area (Å²) in [4.78, 5) is 0. The van der Waals surface area contributed by atoms with Crippen LogP contribution in [0.4, 0.5) is 0 Å². The highest BCUT2D eigenvalue weighted by Crippen LogP contribution is 2.55. The number of nitrogens with zero attached hydrogens (tertiary/aromatic N) is 1. The van der Waals surface area contributed by atoms with Gasteiger partial charge in [0.25, 0.3) is 0 Å². The van der Waals surface area contributed by atoms with E-state index in [1.165, 1.54) is 87.6 Å².